The minimum absolute atomic E-state index is 0.217. The van der Waals surface area contributed by atoms with Crippen molar-refractivity contribution >= 4 is 29.5 Å². The normalized spacial score (nSPS) is 29.8. The van der Waals surface area contributed by atoms with Gasteiger partial charge in [0.2, 0.25) is 11.8 Å². The summed E-state index contributed by atoms with van der Waals surface area (Å²) in [7, 11) is 0. The van der Waals surface area contributed by atoms with Crippen molar-refractivity contribution in [3.63, 3.8) is 0 Å². The van der Waals surface area contributed by atoms with Crippen molar-refractivity contribution in [1.82, 2.24) is 10.1 Å². The number of aromatic nitrogens is 1. The van der Waals surface area contributed by atoms with E-state index in [4.69, 9.17) is 9.26 Å². The van der Waals surface area contributed by atoms with Gasteiger partial charge in [-0.05, 0) is 44.9 Å². The van der Waals surface area contributed by atoms with Crippen LogP contribution in [0.15, 0.2) is 10.6 Å². The molecule has 5 atom stereocenters. The highest BCUT2D eigenvalue weighted by molar-refractivity contribution is 6.08. The van der Waals surface area contributed by atoms with Gasteiger partial charge in [-0.25, -0.2) is 4.79 Å². The van der Waals surface area contributed by atoms with Gasteiger partial charge in [0.1, 0.15) is 11.8 Å². The Bertz CT molecular complexity index is 790. The van der Waals surface area contributed by atoms with Crippen LogP contribution in [0, 0.1) is 30.6 Å². The SMILES string of the molecule is Cc1cc(NC(=O)COC(=O)[C@@H](C)N2C(=O)[C@@H]3[C@H]4CC[C@@H](C4)[C@@H]3C2=O)no1. The van der Waals surface area contributed by atoms with Crippen LogP contribution >= 0.6 is 0 Å². The summed E-state index contributed by atoms with van der Waals surface area (Å²) in [6, 6.07) is 0.480. The number of ether oxygens (including phenoxy) is 1. The average molecular weight is 375 g/mol. The number of carbonyl (C=O) groups excluding carboxylic acids is 4. The first kappa shape index (κ1) is 17.7. The van der Waals surface area contributed by atoms with Gasteiger partial charge < -0.3 is 14.6 Å². The third-order valence-corrected chi connectivity index (χ3v) is 5.93. The number of imide groups is 1. The van der Waals surface area contributed by atoms with Crippen molar-refractivity contribution in [3.8, 4) is 0 Å². The smallest absolute Gasteiger partial charge is 0.329 e. The van der Waals surface area contributed by atoms with E-state index in [-0.39, 0.29) is 41.3 Å². The maximum absolute atomic E-state index is 12.7. The van der Waals surface area contributed by atoms with Crippen molar-refractivity contribution in [3.05, 3.63) is 11.8 Å². The molecule has 1 aromatic rings. The molecule has 0 spiro atoms. The standard InChI is InChI=1S/C18H21N3O6/c1-8-5-12(20-27-8)19-13(22)7-26-18(25)9(2)21-16(23)14-10-3-4-11(6-10)15(14)17(21)24/h5,9-11,14-15H,3-4,6-7H2,1-2H3,(H,19,20,22)/t9-,10+,11+,14-,15+/m1/s1. The van der Waals surface area contributed by atoms with Gasteiger partial charge in [0, 0.05) is 6.07 Å². The molecule has 27 heavy (non-hydrogen) atoms. The van der Waals surface area contributed by atoms with Crippen LogP contribution in [0.4, 0.5) is 5.82 Å². The fourth-order valence-electron chi connectivity index (χ4n) is 4.78. The second-order valence-corrected chi connectivity index (χ2v) is 7.59. The molecule has 2 saturated carbocycles. The second-order valence-electron chi connectivity index (χ2n) is 7.59. The Hall–Kier alpha value is -2.71. The topological polar surface area (TPSA) is 119 Å². The largest absolute Gasteiger partial charge is 0.454 e. The Morgan fingerprint density at radius 2 is 1.93 bits per heavy atom. The fraction of sp³-hybridized carbons (Fsp3) is 0.611. The lowest BCUT2D eigenvalue weighted by Crippen LogP contribution is -2.45. The summed E-state index contributed by atoms with van der Waals surface area (Å²) in [5.74, 6) is -1.24. The van der Waals surface area contributed by atoms with E-state index < -0.39 is 24.5 Å². The van der Waals surface area contributed by atoms with Gasteiger partial charge >= 0.3 is 5.97 Å². The Labute approximate surface area is 155 Å². The predicted octanol–water partition coefficient (Wildman–Crippen LogP) is 0.884. The van der Waals surface area contributed by atoms with Gasteiger partial charge in [0.25, 0.3) is 5.91 Å². The number of amides is 3. The van der Waals surface area contributed by atoms with E-state index in [0.29, 0.717) is 5.76 Å². The van der Waals surface area contributed by atoms with Gasteiger partial charge in [0.15, 0.2) is 12.4 Å². The molecule has 3 fully saturated rings. The first-order chi connectivity index (χ1) is 12.9. The Morgan fingerprint density at radius 3 is 2.48 bits per heavy atom. The number of nitrogens with one attached hydrogen (secondary N) is 1. The number of hydrogen-bond donors (Lipinski definition) is 1. The lowest BCUT2D eigenvalue weighted by atomic mass is 9.81. The van der Waals surface area contributed by atoms with Gasteiger partial charge in [0.05, 0.1) is 11.8 Å². The molecule has 3 amide bonds. The molecule has 2 bridgehead atoms. The Morgan fingerprint density at radius 1 is 1.30 bits per heavy atom. The van der Waals surface area contributed by atoms with Crippen molar-refractivity contribution < 1.29 is 28.4 Å². The van der Waals surface area contributed by atoms with Crippen LogP contribution in [0.5, 0.6) is 0 Å². The average Bonchev–Trinajstić information content (AvgIpc) is 3.38. The first-order valence-corrected chi connectivity index (χ1v) is 9.13. The Kier molecular flexibility index (Phi) is 4.24. The van der Waals surface area contributed by atoms with Crippen LogP contribution in [0.1, 0.15) is 31.9 Å². The second kappa shape index (κ2) is 6.47. The number of nitrogens with zero attached hydrogens (tertiary/aromatic N) is 2. The molecule has 4 rings (SSSR count). The number of anilines is 1. The fourth-order valence-corrected chi connectivity index (χ4v) is 4.78. The number of fused-ring (bicyclic) bond motifs is 5. The lowest BCUT2D eigenvalue weighted by Gasteiger charge is -2.22. The number of carbonyl (C=O) groups is 4. The molecule has 144 valence electrons. The summed E-state index contributed by atoms with van der Waals surface area (Å²) < 4.78 is 9.81. The first-order valence-electron chi connectivity index (χ1n) is 9.13. The molecule has 1 N–H and O–H groups in total. The molecule has 0 aromatic carbocycles. The minimum Gasteiger partial charge on any atom is -0.454 e. The third-order valence-electron chi connectivity index (χ3n) is 5.93. The molecule has 1 aliphatic heterocycles. The molecule has 1 saturated heterocycles. The molecule has 0 unspecified atom stereocenters. The molecule has 0 radical (unpaired) electrons. The van der Waals surface area contributed by atoms with Gasteiger partial charge in [-0.2, -0.15) is 0 Å². The zero-order valence-corrected chi connectivity index (χ0v) is 15.1. The number of rotatable bonds is 5. The van der Waals surface area contributed by atoms with Crippen molar-refractivity contribution in [2.45, 2.75) is 39.2 Å². The van der Waals surface area contributed by atoms with E-state index in [9.17, 15) is 19.2 Å². The van der Waals surface area contributed by atoms with Crippen LogP contribution in [0.25, 0.3) is 0 Å². The van der Waals surface area contributed by atoms with Crippen LogP contribution in [0.2, 0.25) is 0 Å². The number of hydrogen-bond acceptors (Lipinski definition) is 7. The molecule has 9 nitrogen and oxygen atoms in total. The summed E-state index contributed by atoms with van der Waals surface area (Å²) in [5, 5.41) is 6.04. The summed E-state index contributed by atoms with van der Waals surface area (Å²) in [6.07, 6.45) is 2.87. The molecule has 9 heteroatoms. The van der Waals surface area contributed by atoms with E-state index in [1.165, 1.54) is 13.0 Å². The van der Waals surface area contributed by atoms with E-state index in [0.717, 1.165) is 24.2 Å². The van der Waals surface area contributed by atoms with Crippen LogP contribution in [-0.2, 0) is 23.9 Å². The maximum Gasteiger partial charge on any atom is 0.329 e. The highest BCUT2D eigenvalue weighted by Crippen LogP contribution is 2.56. The quantitative estimate of drug-likeness (QED) is 0.599. The molecular weight excluding hydrogens is 354 g/mol. The summed E-state index contributed by atoms with van der Waals surface area (Å²) in [4.78, 5) is 50.6. The summed E-state index contributed by atoms with van der Waals surface area (Å²) >= 11 is 0. The zero-order chi connectivity index (χ0) is 19.3. The Balaban J connectivity index is 1.34. The van der Waals surface area contributed by atoms with Crippen LogP contribution < -0.4 is 5.32 Å². The van der Waals surface area contributed by atoms with E-state index in [1.54, 1.807) is 6.92 Å². The lowest BCUT2D eigenvalue weighted by molar-refractivity contribution is -0.159. The zero-order valence-electron chi connectivity index (χ0n) is 15.1. The highest BCUT2D eigenvalue weighted by atomic mass is 16.5. The summed E-state index contributed by atoms with van der Waals surface area (Å²) in [6.45, 7) is 2.60. The van der Waals surface area contributed by atoms with Crippen LogP contribution in [0.3, 0.4) is 0 Å². The molecule has 1 aromatic heterocycles. The predicted molar refractivity (Wildman–Crippen MR) is 90.0 cm³/mol. The van der Waals surface area contributed by atoms with E-state index in [1.807, 2.05) is 0 Å². The summed E-state index contributed by atoms with van der Waals surface area (Å²) in [5.41, 5.74) is 0. The van der Waals surface area contributed by atoms with Crippen molar-refractivity contribution in [2.24, 2.45) is 23.7 Å². The van der Waals surface area contributed by atoms with Gasteiger partial charge in [-0.3, -0.25) is 19.3 Å². The number of aryl methyl sites for hydroxylation is 1. The molecule has 2 aliphatic carbocycles. The third kappa shape index (κ3) is 2.90. The van der Waals surface area contributed by atoms with Gasteiger partial charge in [-0.15, -0.1) is 0 Å². The molecular formula is C18H21N3O6. The molecule has 2 heterocycles. The van der Waals surface area contributed by atoms with Crippen LogP contribution in [-0.4, -0.2) is 46.4 Å². The van der Waals surface area contributed by atoms with Gasteiger partial charge in [-0.1, -0.05) is 5.16 Å². The van der Waals surface area contributed by atoms with Crippen molar-refractivity contribution in [2.75, 3.05) is 11.9 Å². The monoisotopic (exact) mass is 375 g/mol. The molecule has 3 aliphatic rings. The number of esters is 1. The maximum atomic E-state index is 12.7. The van der Waals surface area contributed by atoms with E-state index in [2.05, 4.69) is 10.5 Å². The highest BCUT2D eigenvalue weighted by Gasteiger charge is 2.62. The van der Waals surface area contributed by atoms with E-state index >= 15 is 0 Å². The number of likely N-dealkylation sites (tertiary alicyclic amines) is 1. The minimum atomic E-state index is -1.04. The van der Waals surface area contributed by atoms with Crippen molar-refractivity contribution in [1.29, 1.82) is 0 Å².